The molecule has 0 fully saturated rings. The molecule has 2 aromatic rings. The molecule has 1 amide bonds. The number of carbonyl (C=O) groups is 2. The van der Waals surface area contributed by atoms with Crippen LogP contribution in [-0.2, 0) is 0 Å². The van der Waals surface area contributed by atoms with Crippen LogP contribution in [-0.4, -0.2) is 17.0 Å². The number of carboxylic acids is 1. The van der Waals surface area contributed by atoms with Crippen LogP contribution in [0.15, 0.2) is 48.5 Å². The van der Waals surface area contributed by atoms with Crippen molar-refractivity contribution in [3.05, 3.63) is 59.7 Å². The Kier molecular flexibility index (Phi) is 3.47. The SMILES string of the molecule is NC(=O)c1ccc(Oc2ccccc2C(=O)O)cc1. The van der Waals surface area contributed by atoms with E-state index in [9.17, 15) is 9.59 Å². The summed E-state index contributed by atoms with van der Waals surface area (Å²) in [6.07, 6.45) is 0. The Bertz CT molecular complexity index is 620. The molecule has 0 saturated heterocycles. The lowest BCUT2D eigenvalue weighted by atomic mass is 10.2. The van der Waals surface area contributed by atoms with Crippen molar-refractivity contribution >= 4 is 11.9 Å². The second-order valence-electron chi connectivity index (χ2n) is 3.79. The van der Waals surface area contributed by atoms with Crippen LogP contribution in [0, 0.1) is 0 Å². The van der Waals surface area contributed by atoms with Crippen LogP contribution in [0.4, 0.5) is 0 Å². The van der Waals surface area contributed by atoms with Crippen molar-refractivity contribution in [2.75, 3.05) is 0 Å². The van der Waals surface area contributed by atoms with Crippen molar-refractivity contribution in [3.8, 4) is 11.5 Å². The molecule has 0 heterocycles. The summed E-state index contributed by atoms with van der Waals surface area (Å²) in [5.74, 6) is -0.928. The zero-order valence-electron chi connectivity index (χ0n) is 9.87. The van der Waals surface area contributed by atoms with Gasteiger partial charge in [-0.25, -0.2) is 4.79 Å². The van der Waals surface area contributed by atoms with E-state index in [-0.39, 0.29) is 11.3 Å². The van der Waals surface area contributed by atoms with Gasteiger partial charge in [0.05, 0.1) is 0 Å². The molecule has 2 aromatic carbocycles. The number of aromatic carboxylic acids is 1. The van der Waals surface area contributed by atoms with Gasteiger partial charge in [0.25, 0.3) is 0 Å². The van der Waals surface area contributed by atoms with E-state index in [1.54, 1.807) is 30.3 Å². The van der Waals surface area contributed by atoms with Crippen molar-refractivity contribution in [1.82, 2.24) is 0 Å². The average molecular weight is 257 g/mol. The van der Waals surface area contributed by atoms with Crippen LogP contribution >= 0.6 is 0 Å². The number of primary amides is 1. The Balaban J connectivity index is 2.26. The van der Waals surface area contributed by atoms with Gasteiger partial charge in [-0.1, -0.05) is 12.1 Å². The number of para-hydroxylation sites is 1. The van der Waals surface area contributed by atoms with E-state index in [0.29, 0.717) is 11.3 Å². The molecule has 0 saturated carbocycles. The van der Waals surface area contributed by atoms with Gasteiger partial charge in [-0.3, -0.25) is 4.79 Å². The van der Waals surface area contributed by atoms with Gasteiger partial charge in [0, 0.05) is 5.56 Å². The zero-order valence-corrected chi connectivity index (χ0v) is 9.87. The third-order valence-corrected chi connectivity index (χ3v) is 2.48. The molecule has 0 aliphatic heterocycles. The zero-order chi connectivity index (χ0) is 13.8. The molecule has 5 heteroatoms. The molecule has 0 aromatic heterocycles. The lowest BCUT2D eigenvalue weighted by Crippen LogP contribution is -2.10. The van der Waals surface area contributed by atoms with Crippen LogP contribution < -0.4 is 10.5 Å². The number of ether oxygens (including phenoxy) is 1. The normalized spacial score (nSPS) is 9.89. The first-order valence-electron chi connectivity index (χ1n) is 5.48. The summed E-state index contributed by atoms with van der Waals surface area (Å²) in [5.41, 5.74) is 5.55. The molecular formula is C14H11NO4. The minimum atomic E-state index is -1.07. The fourth-order valence-corrected chi connectivity index (χ4v) is 1.55. The average Bonchev–Trinajstić information content (AvgIpc) is 2.39. The Labute approximate surface area is 109 Å². The highest BCUT2D eigenvalue weighted by Gasteiger charge is 2.11. The number of hydrogen-bond donors (Lipinski definition) is 2. The van der Waals surface area contributed by atoms with E-state index in [2.05, 4.69) is 0 Å². The van der Waals surface area contributed by atoms with E-state index in [0.717, 1.165) is 0 Å². The molecule has 0 spiro atoms. The van der Waals surface area contributed by atoms with Crippen molar-refractivity contribution in [2.45, 2.75) is 0 Å². The minimum Gasteiger partial charge on any atom is -0.478 e. The topological polar surface area (TPSA) is 89.6 Å². The van der Waals surface area contributed by atoms with E-state index in [4.69, 9.17) is 15.6 Å². The molecule has 0 radical (unpaired) electrons. The first-order chi connectivity index (χ1) is 9.08. The number of amides is 1. The predicted octanol–water partition coefficient (Wildman–Crippen LogP) is 2.28. The smallest absolute Gasteiger partial charge is 0.339 e. The molecule has 5 nitrogen and oxygen atoms in total. The summed E-state index contributed by atoms with van der Waals surface area (Å²) in [6.45, 7) is 0. The van der Waals surface area contributed by atoms with Crippen molar-refractivity contribution in [1.29, 1.82) is 0 Å². The summed E-state index contributed by atoms with van der Waals surface area (Å²) in [7, 11) is 0. The molecule has 0 aliphatic carbocycles. The largest absolute Gasteiger partial charge is 0.478 e. The number of nitrogens with two attached hydrogens (primary N) is 1. The minimum absolute atomic E-state index is 0.0708. The summed E-state index contributed by atoms with van der Waals surface area (Å²) in [5, 5.41) is 9.02. The summed E-state index contributed by atoms with van der Waals surface area (Å²) in [4.78, 5) is 21.9. The third kappa shape index (κ3) is 2.90. The maximum Gasteiger partial charge on any atom is 0.339 e. The first kappa shape index (κ1) is 12.6. The molecule has 0 unspecified atom stereocenters. The van der Waals surface area contributed by atoms with Gasteiger partial charge in [-0.15, -0.1) is 0 Å². The van der Waals surface area contributed by atoms with Gasteiger partial charge in [0.1, 0.15) is 17.1 Å². The molecule has 3 N–H and O–H groups in total. The maximum absolute atomic E-state index is 11.0. The van der Waals surface area contributed by atoms with Gasteiger partial charge in [-0.2, -0.15) is 0 Å². The molecular weight excluding hydrogens is 246 g/mol. The van der Waals surface area contributed by atoms with E-state index >= 15 is 0 Å². The van der Waals surface area contributed by atoms with Crippen LogP contribution in [0.1, 0.15) is 20.7 Å². The van der Waals surface area contributed by atoms with Gasteiger partial charge in [0.2, 0.25) is 5.91 Å². The maximum atomic E-state index is 11.0. The quantitative estimate of drug-likeness (QED) is 0.879. The van der Waals surface area contributed by atoms with Crippen LogP contribution in [0.5, 0.6) is 11.5 Å². The Morgan fingerprint density at radius 3 is 2.21 bits per heavy atom. The Morgan fingerprint density at radius 1 is 1.00 bits per heavy atom. The predicted molar refractivity (Wildman–Crippen MR) is 68.4 cm³/mol. The standard InChI is InChI=1S/C14H11NO4/c15-13(16)9-5-7-10(8-6-9)19-12-4-2-1-3-11(12)14(17)18/h1-8H,(H2,15,16)(H,17,18). The Hall–Kier alpha value is -2.82. The van der Waals surface area contributed by atoms with Crippen LogP contribution in [0.25, 0.3) is 0 Å². The summed E-state index contributed by atoms with van der Waals surface area (Å²) < 4.78 is 5.47. The van der Waals surface area contributed by atoms with Gasteiger partial charge in [-0.05, 0) is 36.4 Å². The number of benzene rings is 2. The second-order valence-corrected chi connectivity index (χ2v) is 3.79. The van der Waals surface area contributed by atoms with Crippen LogP contribution in [0.3, 0.4) is 0 Å². The van der Waals surface area contributed by atoms with Crippen molar-refractivity contribution < 1.29 is 19.4 Å². The number of carboxylic acid groups (broad SMARTS) is 1. The van der Waals surface area contributed by atoms with Gasteiger partial charge in [0.15, 0.2) is 0 Å². The molecule has 0 bridgehead atoms. The number of hydrogen-bond acceptors (Lipinski definition) is 3. The summed E-state index contributed by atoms with van der Waals surface area (Å²) in [6, 6.07) is 12.5. The van der Waals surface area contributed by atoms with E-state index in [1.807, 2.05) is 0 Å². The summed E-state index contributed by atoms with van der Waals surface area (Å²) >= 11 is 0. The van der Waals surface area contributed by atoms with Gasteiger partial charge >= 0.3 is 5.97 Å². The van der Waals surface area contributed by atoms with E-state index in [1.165, 1.54) is 18.2 Å². The highest BCUT2D eigenvalue weighted by Crippen LogP contribution is 2.25. The van der Waals surface area contributed by atoms with Gasteiger partial charge < -0.3 is 15.6 Å². The first-order valence-corrected chi connectivity index (χ1v) is 5.48. The van der Waals surface area contributed by atoms with Crippen molar-refractivity contribution in [2.24, 2.45) is 5.73 Å². The monoisotopic (exact) mass is 257 g/mol. The fourth-order valence-electron chi connectivity index (χ4n) is 1.55. The highest BCUT2D eigenvalue weighted by molar-refractivity contribution is 5.93. The highest BCUT2D eigenvalue weighted by atomic mass is 16.5. The Morgan fingerprint density at radius 2 is 1.63 bits per heavy atom. The van der Waals surface area contributed by atoms with Crippen molar-refractivity contribution in [3.63, 3.8) is 0 Å². The second kappa shape index (κ2) is 5.22. The number of rotatable bonds is 4. The third-order valence-electron chi connectivity index (χ3n) is 2.48. The molecule has 96 valence electrons. The molecule has 2 rings (SSSR count). The van der Waals surface area contributed by atoms with E-state index < -0.39 is 11.9 Å². The number of carbonyl (C=O) groups excluding carboxylic acids is 1. The van der Waals surface area contributed by atoms with Crippen LogP contribution in [0.2, 0.25) is 0 Å². The molecule has 0 aliphatic rings. The lowest BCUT2D eigenvalue weighted by Gasteiger charge is -2.08. The lowest BCUT2D eigenvalue weighted by molar-refractivity contribution is 0.0694. The molecule has 0 atom stereocenters. The fraction of sp³-hybridized carbons (Fsp3) is 0. The molecule has 19 heavy (non-hydrogen) atoms.